The lowest BCUT2D eigenvalue weighted by molar-refractivity contribution is -0.144. The Hall–Kier alpha value is -2.18. The molecular formula is C21H25NO4S. The van der Waals surface area contributed by atoms with E-state index in [2.05, 4.69) is 0 Å². The standard InChI is InChI=1S/C21H25NO4S/c1-4-26-21(23)14-19-18-8-6-5-7-17(18)11-12-22(19)27(24,25)20-10-9-15(2)13-16(20)3/h5-10,13,19H,4,11-12,14H2,1-3H3/t19-/m1/s1. The van der Waals surface area contributed by atoms with Gasteiger partial charge in [0.2, 0.25) is 10.0 Å². The van der Waals surface area contributed by atoms with Crippen LogP contribution in [-0.2, 0) is 26.0 Å². The number of benzene rings is 2. The zero-order valence-electron chi connectivity index (χ0n) is 15.9. The Labute approximate surface area is 161 Å². The van der Waals surface area contributed by atoms with Crippen molar-refractivity contribution in [2.45, 2.75) is 44.6 Å². The summed E-state index contributed by atoms with van der Waals surface area (Å²) < 4.78 is 33.5. The van der Waals surface area contributed by atoms with Crippen LogP contribution in [0.15, 0.2) is 47.4 Å². The second-order valence-electron chi connectivity index (χ2n) is 6.86. The van der Waals surface area contributed by atoms with E-state index in [9.17, 15) is 13.2 Å². The highest BCUT2D eigenvalue weighted by atomic mass is 32.2. The zero-order valence-corrected chi connectivity index (χ0v) is 16.8. The van der Waals surface area contributed by atoms with Crippen molar-refractivity contribution in [2.24, 2.45) is 0 Å². The van der Waals surface area contributed by atoms with Crippen molar-refractivity contribution >= 4 is 16.0 Å². The Balaban J connectivity index is 2.05. The number of carbonyl (C=O) groups is 1. The van der Waals surface area contributed by atoms with Gasteiger partial charge in [-0.3, -0.25) is 4.79 Å². The van der Waals surface area contributed by atoms with Crippen LogP contribution >= 0.6 is 0 Å². The minimum atomic E-state index is -3.74. The summed E-state index contributed by atoms with van der Waals surface area (Å²) in [7, 11) is -3.74. The Bertz CT molecular complexity index is 952. The molecule has 3 rings (SSSR count). The van der Waals surface area contributed by atoms with E-state index in [1.165, 1.54) is 4.31 Å². The van der Waals surface area contributed by atoms with E-state index in [1.807, 2.05) is 37.3 Å². The molecule has 144 valence electrons. The summed E-state index contributed by atoms with van der Waals surface area (Å²) in [6, 6.07) is 12.5. The summed E-state index contributed by atoms with van der Waals surface area (Å²) in [6.07, 6.45) is 0.634. The molecule has 0 unspecified atom stereocenters. The van der Waals surface area contributed by atoms with Crippen LogP contribution in [0.4, 0.5) is 0 Å². The number of fused-ring (bicyclic) bond motifs is 1. The number of carbonyl (C=O) groups excluding carboxylic acids is 1. The van der Waals surface area contributed by atoms with Gasteiger partial charge in [0.1, 0.15) is 0 Å². The van der Waals surface area contributed by atoms with Gasteiger partial charge in [0, 0.05) is 6.54 Å². The first-order valence-electron chi connectivity index (χ1n) is 9.17. The quantitative estimate of drug-likeness (QED) is 0.736. The largest absolute Gasteiger partial charge is 0.466 e. The number of rotatable bonds is 5. The van der Waals surface area contributed by atoms with Crippen LogP contribution in [-0.4, -0.2) is 31.8 Å². The highest BCUT2D eigenvalue weighted by Gasteiger charge is 2.38. The summed E-state index contributed by atoms with van der Waals surface area (Å²) >= 11 is 0. The Morgan fingerprint density at radius 3 is 2.63 bits per heavy atom. The molecule has 0 saturated heterocycles. The van der Waals surface area contributed by atoms with Crippen molar-refractivity contribution in [3.63, 3.8) is 0 Å². The van der Waals surface area contributed by atoms with Gasteiger partial charge in [-0.25, -0.2) is 8.42 Å². The van der Waals surface area contributed by atoms with Gasteiger partial charge in [-0.2, -0.15) is 4.31 Å². The third-order valence-electron chi connectivity index (χ3n) is 4.95. The highest BCUT2D eigenvalue weighted by molar-refractivity contribution is 7.89. The Kier molecular flexibility index (Phi) is 5.67. The van der Waals surface area contributed by atoms with Crippen LogP contribution in [0, 0.1) is 13.8 Å². The molecule has 1 heterocycles. The minimum absolute atomic E-state index is 0.00892. The highest BCUT2D eigenvalue weighted by Crippen LogP contribution is 2.37. The fourth-order valence-corrected chi connectivity index (χ4v) is 5.53. The molecule has 6 heteroatoms. The smallest absolute Gasteiger partial charge is 0.307 e. The summed E-state index contributed by atoms with van der Waals surface area (Å²) in [6.45, 7) is 6.10. The van der Waals surface area contributed by atoms with Gasteiger partial charge < -0.3 is 4.74 Å². The molecule has 2 aromatic carbocycles. The lowest BCUT2D eigenvalue weighted by Crippen LogP contribution is -2.41. The van der Waals surface area contributed by atoms with Crippen LogP contribution in [0.1, 0.15) is 41.6 Å². The van der Waals surface area contributed by atoms with Gasteiger partial charge in [0.05, 0.1) is 24.0 Å². The maximum absolute atomic E-state index is 13.5. The van der Waals surface area contributed by atoms with Gasteiger partial charge in [0.15, 0.2) is 0 Å². The van der Waals surface area contributed by atoms with Crippen LogP contribution < -0.4 is 0 Å². The first-order chi connectivity index (χ1) is 12.8. The zero-order chi connectivity index (χ0) is 19.6. The van der Waals surface area contributed by atoms with E-state index in [0.717, 1.165) is 16.7 Å². The van der Waals surface area contributed by atoms with Crippen molar-refractivity contribution in [1.29, 1.82) is 0 Å². The van der Waals surface area contributed by atoms with Crippen molar-refractivity contribution in [3.8, 4) is 0 Å². The van der Waals surface area contributed by atoms with Gasteiger partial charge in [0.25, 0.3) is 0 Å². The van der Waals surface area contributed by atoms with Gasteiger partial charge in [-0.1, -0.05) is 42.0 Å². The Morgan fingerprint density at radius 1 is 1.19 bits per heavy atom. The van der Waals surface area contributed by atoms with Gasteiger partial charge >= 0.3 is 5.97 Å². The fourth-order valence-electron chi connectivity index (χ4n) is 3.72. The van der Waals surface area contributed by atoms with Crippen molar-refractivity contribution < 1.29 is 17.9 Å². The number of ether oxygens (including phenoxy) is 1. The molecular weight excluding hydrogens is 362 g/mol. The number of aryl methyl sites for hydroxylation is 2. The van der Waals surface area contributed by atoms with Crippen molar-refractivity contribution in [3.05, 3.63) is 64.7 Å². The second kappa shape index (κ2) is 7.82. The molecule has 2 aromatic rings. The number of nitrogens with zero attached hydrogens (tertiary/aromatic N) is 1. The average molecular weight is 388 g/mol. The van der Waals surface area contributed by atoms with Crippen LogP contribution in [0.2, 0.25) is 0 Å². The Morgan fingerprint density at radius 2 is 1.93 bits per heavy atom. The van der Waals surface area contributed by atoms with E-state index in [1.54, 1.807) is 26.0 Å². The van der Waals surface area contributed by atoms with Gasteiger partial charge in [-0.15, -0.1) is 0 Å². The van der Waals surface area contributed by atoms with Crippen LogP contribution in [0.5, 0.6) is 0 Å². The molecule has 1 atom stereocenters. The van der Waals surface area contributed by atoms with Crippen molar-refractivity contribution in [1.82, 2.24) is 4.31 Å². The maximum Gasteiger partial charge on any atom is 0.307 e. The lowest BCUT2D eigenvalue weighted by Gasteiger charge is -2.36. The summed E-state index contributed by atoms with van der Waals surface area (Å²) in [4.78, 5) is 12.5. The normalized spacial score (nSPS) is 17.4. The third-order valence-corrected chi connectivity index (χ3v) is 7.01. The van der Waals surface area contributed by atoms with E-state index < -0.39 is 16.1 Å². The lowest BCUT2D eigenvalue weighted by atomic mass is 9.92. The van der Waals surface area contributed by atoms with E-state index in [4.69, 9.17) is 4.74 Å². The monoisotopic (exact) mass is 387 g/mol. The molecule has 0 aliphatic carbocycles. The second-order valence-corrected chi connectivity index (χ2v) is 8.72. The molecule has 0 spiro atoms. The molecule has 5 nitrogen and oxygen atoms in total. The summed E-state index contributed by atoms with van der Waals surface area (Å²) in [5.41, 5.74) is 3.69. The predicted molar refractivity (Wildman–Crippen MR) is 104 cm³/mol. The molecule has 0 bridgehead atoms. The van der Waals surface area contributed by atoms with E-state index in [0.29, 0.717) is 23.4 Å². The SMILES string of the molecule is CCOC(=O)C[C@@H]1c2ccccc2CCN1S(=O)(=O)c1ccc(C)cc1C. The predicted octanol–water partition coefficient (Wildman–Crippen LogP) is 3.54. The average Bonchev–Trinajstić information content (AvgIpc) is 2.61. The van der Waals surface area contributed by atoms with Crippen molar-refractivity contribution in [2.75, 3.05) is 13.2 Å². The molecule has 0 saturated carbocycles. The minimum Gasteiger partial charge on any atom is -0.466 e. The molecule has 0 amide bonds. The van der Waals surface area contributed by atoms with E-state index in [-0.39, 0.29) is 19.0 Å². The maximum atomic E-state index is 13.5. The summed E-state index contributed by atoms with van der Waals surface area (Å²) in [5, 5.41) is 0. The first-order valence-corrected chi connectivity index (χ1v) is 10.6. The molecule has 0 radical (unpaired) electrons. The number of esters is 1. The topological polar surface area (TPSA) is 63.7 Å². The molecule has 0 N–H and O–H groups in total. The fraction of sp³-hybridized carbons (Fsp3) is 0.381. The molecule has 0 aromatic heterocycles. The van der Waals surface area contributed by atoms with Crippen LogP contribution in [0.25, 0.3) is 0 Å². The molecule has 27 heavy (non-hydrogen) atoms. The van der Waals surface area contributed by atoms with E-state index >= 15 is 0 Å². The summed E-state index contributed by atoms with van der Waals surface area (Å²) in [5.74, 6) is -0.389. The third kappa shape index (κ3) is 3.92. The van der Waals surface area contributed by atoms with Crippen LogP contribution in [0.3, 0.4) is 0 Å². The number of hydrogen-bond acceptors (Lipinski definition) is 4. The molecule has 1 aliphatic rings. The number of sulfonamides is 1. The first kappa shape index (κ1) is 19.6. The molecule has 1 aliphatic heterocycles. The van der Waals surface area contributed by atoms with Gasteiger partial charge in [-0.05, 0) is 49.9 Å². The number of hydrogen-bond donors (Lipinski definition) is 0. The molecule has 0 fully saturated rings.